The number of rotatable bonds is 11. The van der Waals surface area contributed by atoms with Crippen molar-refractivity contribution in [3.8, 4) is 0 Å². The van der Waals surface area contributed by atoms with E-state index in [1.54, 1.807) is 19.1 Å². The third-order valence-electron chi connectivity index (χ3n) is 4.38. The zero-order valence-corrected chi connectivity index (χ0v) is 19.0. The van der Waals surface area contributed by atoms with Gasteiger partial charge in [-0.1, -0.05) is 0 Å². The summed E-state index contributed by atoms with van der Waals surface area (Å²) in [5.74, 6) is 0.816. The maximum Gasteiger partial charge on any atom is 0.410 e. The highest BCUT2D eigenvalue weighted by molar-refractivity contribution is 5.79. The number of piperazine rings is 1. The van der Waals surface area contributed by atoms with Crippen molar-refractivity contribution in [2.75, 3.05) is 79.8 Å². The number of carbonyl (C=O) groups excluding carboxylic acids is 1. The number of methoxy groups -OCH3 is 1. The van der Waals surface area contributed by atoms with E-state index in [-0.39, 0.29) is 6.09 Å². The van der Waals surface area contributed by atoms with Crippen molar-refractivity contribution in [2.24, 2.45) is 4.99 Å². The van der Waals surface area contributed by atoms with Gasteiger partial charge in [0.25, 0.3) is 0 Å². The molecule has 9 heteroatoms. The van der Waals surface area contributed by atoms with Crippen LogP contribution < -0.4 is 10.6 Å². The summed E-state index contributed by atoms with van der Waals surface area (Å²) in [4.78, 5) is 20.5. The van der Waals surface area contributed by atoms with Crippen LogP contribution in [0.3, 0.4) is 0 Å². The normalized spacial score (nSPS) is 16.0. The average molecular weight is 416 g/mol. The molecule has 1 heterocycles. The van der Waals surface area contributed by atoms with Gasteiger partial charge in [-0.05, 0) is 40.2 Å². The number of amides is 1. The van der Waals surface area contributed by atoms with Crippen LogP contribution in [-0.2, 0) is 14.2 Å². The van der Waals surface area contributed by atoms with E-state index in [2.05, 4.69) is 20.5 Å². The lowest BCUT2D eigenvalue weighted by atomic mass is 10.2. The SMILES string of the molecule is CN=C(NCCCOCCOC)NCCCN1CCN(C(=O)OC(C)(C)C)CC1. The third-order valence-corrected chi connectivity index (χ3v) is 4.38. The van der Waals surface area contributed by atoms with E-state index in [9.17, 15) is 4.79 Å². The Hall–Kier alpha value is -1.58. The second-order valence-corrected chi connectivity index (χ2v) is 8.05. The van der Waals surface area contributed by atoms with E-state index >= 15 is 0 Å². The molecular weight excluding hydrogens is 374 g/mol. The first-order valence-corrected chi connectivity index (χ1v) is 10.6. The Labute approximate surface area is 176 Å². The van der Waals surface area contributed by atoms with Gasteiger partial charge in [0.1, 0.15) is 5.60 Å². The van der Waals surface area contributed by atoms with Gasteiger partial charge in [0.2, 0.25) is 0 Å². The summed E-state index contributed by atoms with van der Waals surface area (Å²) in [5.41, 5.74) is -0.441. The maximum absolute atomic E-state index is 12.1. The fourth-order valence-corrected chi connectivity index (χ4v) is 2.84. The molecule has 0 aromatic rings. The first-order chi connectivity index (χ1) is 13.9. The van der Waals surface area contributed by atoms with Crippen molar-refractivity contribution in [3.05, 3.63) is 0 Å². The second kappa shape index (κ2) is 14.4. The predicted octanol–water partition coefficient (Wildman–Crippen LogP) is 1.15. The molecule has 1 amide bonds. The Bertz CT molecular complexity index is 474. The van der Waals surface area contributed by atoms with Crippen LogP contribution in [0.25, 0.3) is 0 Å². The van der Waals surface area contributed by atoms with Crippen LogP contribution in [0, 0.1) is 0 Å². The highest BCUT2D eigenvalue weighted by Gasteiger charge is 2.25. The smallest absolute Gasteiger partial charge is 0.410 e. The molecule has 1 saturated heterocycles. The number of nitrogens with one attached hydrogen (secondary N) is 2. The second-order valence-electron chi connectivity index (χ2n) is 8.05. The molecule has 170 valence electrons. The highest BCUT2D eigenvalue weighted by atomic mass is 16.6. The van der Waals surface area contributed by atoms with Crippen molar-refractivity contribution in [1.29, 1.82) is 0 Å². The molecule has 0 saturated carbocycles. The fraction of sp³-hybridized carbons (Fsp3) is 0.900. The molecule has 0 atom stereocenters. The number of ether oxygens (including phenoxy) is 3. The molecule has 1 rings (SSSR count). The van der Waals surface area contributed by atoms with E-state index in [0.717, 1.165) is 64.6 Å². The van der Waals surface area contributed by atoms with Crippen LogP contribution >= 0.6 is 0 Å². The van der Waals surface area contributed by atoms with Crippen molar-refractivity contribution in [2.45, 2.75) is 39.2 Å². The van der Waals surface area contributed by atoms with Crippen LogP contribution in [0.2, 0.25) is 0 Å². The number of carbonyl (C=O) groups is 1. The summed E-state index contributed by atoms with van der Waals surface area (Å²) in [7, 11) is 3.45. The van der Waals surface area contributed by atoms with Gasteiger partial charge in [0, 0.05) is 60.0 Å². The van der Waals surface area contributed by atoms with Gasteiger partial charge >= 0.3 is 6.09 Å². The van der Waals surface area contributed by atoms with Crippen LogP contribution in [0.15, 0.2) is 4.99 Å². The average Bonchev–Trinajstić information content (AvgIpc) is 2.68. The van der Waals surface area contributed by atoms with Crippen molar-refractivity contribution in [1.82, 2.24) is 20.4 Å². The van der Waals surface area contributed by atoms with E-state index < -0.39 is 5.60 Å². The Balaban J connectivity index is 2.07. The van der Waals surface area contributed by atoms with Crippen molar-refractivity contribution < 1.29 is 19.0 Å². The van der Waals surface area contributed by atoms with E-state index in [1.165, 1.54) is 0 Å². The van der Waals surface area contributed by atoms with Crippen LogP contribution in [0.1, 0.15) is 33.6 Å². The minimum Gasteiger partial charge on any atom is -0.444 e. The van der Waals surface area contributed by atoms with E-state index in [4.69, 9.17) is 14.2 Å². The Kier molecular flexibility index (Phi) is 12.6. The fourth-order valence-electron chi connectivity index (χ4n) is 2.84. The Morgan fingerprint density at radius 1 is 1.00 bits per heavy atom. The summed E-state index contributed by atoms with van der Waals surface area (Å²) in [5, 5.41) is 6.63. The van der Waals surface area contributed by atoms with Crippen LogP contribution in [-0.4, -0.2) is 107 Å². The molecule has 1 fully saturated rings. The lowest BCUT2D eigenvalue weighted by Crippen LogP contribution is -2.50. The first kappa shape index (κ1) is 25.5. The lowest BCUT2D eigenvalue weighted by molar-refractivity contribution is 0.0145. The van der Waals surface area contributed by atoms with Gasteiger partial charge in [-0.15, -0.1) is 0 Å². The largest absolute Gasteiger partial charge is 0.444 e. The number of guanidine groups is 1. The predicted molar refractivity (Wildman–Crippen MR) is 116 cm³/mol. The third kappa shape index (κ3) is 12.6. The number of hydrogen-bond acceptors (Lipinski definition) is 6. The summed E-state index contributed by atoms with van der Waals surface area (Å²) < 4.78 is 15.8. The van der Waals surface area contributed by atoms with Crippen molar-refractivity contribution >= 4 is 12.1 Å². The summed E-state index contributed by atoms with van der Waals surface area (Å²) in [6, 6.07) is 0. The molecule has 0 bridgehead atoms. The first-order valence-electron chi connectivity index (χ1n) is 10.6. The molecular formula is C20H41N5O4. The van der Waals surface area contributed by atoms with Gasteiger partial charge < -0.3 is 29.7 Å². The lowest BCUT2D eigenvalue weighted by Gasteiger charge is -2.35. The molecule has 0 aromatic carbocycles. The molecule has 0 aromatic heterocycles. The molecule has 1 aliphatic heterocycles. The summed E-state index contributed by atoms with van der Waals surface area (Å²) >= 11 is 0. The number of hydrogen-bond donors (Lipinski definition) is 2. The Morgan fingerprint density at radius 3 is 2.24 bits per heavy atom. The van der Waals surface area contributed by atoms with E-state index in [0.29, 0.717) is 19.8 Å². The molecule has 2 N–H and O–H groups in total. The maximum atomic E-state index is 12.1. The van der Waals surface area contributed by atoms with Gasteiger partial charge in [0.15, 0.2) is 5.96 Å². The number of nitrogens with zero attached hydrogens (tertiary/aromatic N) is 3. The topological polar surface area (TPSA) is 87.7 Å². The van der Waals surface area contributed by atoms with Crippen LogP contribution in [0.5, 0.6) is 0 Å². The van der Waals surface area contributed by atoms with E-state index in [1.807, 2.05) is 20.8 Å². The molecule has 0 aliphatic carbocycles. The molecule has 29 heavy (non-hydrogen) atoms. The quantitative estimate of drug-likeness (QED) is 0.297. The minimum atomic E-state index is -0.441. The standard InChI is InChI=1S/C20H41N5O4/c1-20(2,3)29-19(26)25-13-11-24(12-14-25)10-6-8-22-18(21-4)23-9-7-15-28-17-16-27-5/h6-17H2,1-5H3,(H2,21,22,23). The number of aliphatic imine (C=N–C) groups is 1. The molecule has 1 aliphatic rings. The van der Waals surface area contributed by atoms with Gasteiger partial charge in [0.05, 0.1) is 13.2 Å². The summed E-state index contributed by atoms with van der Waals surface area (Å²) in [6.07, 6.45) is 1.73. The molecule has 0 unspecified atom stereocenters. The van der Waals surface area contributed by atoms with Crippen molar-refractivity contribution in [3.63, 3.8) is 0 Å². The molecule has 0 spiro atoms. The molecule has 9 nitrogen and oxygen atoms in total. The van der Waals surface area contributed by atoms with Gasteiger partial charge in [-0.25, -0.2) is 4.79 Å². The zero-order valence-electron chi connectivity index (χ0n) is 19.0. The zero-order chi connectivity index (χ0) is 21.5. The van der Waals surface area contributed by atoms with Gasteiger partial charge in [-0.2, -0.15) is 0 Å². The Morgan fingerprint density at radius 2 is 1.66 bits per heavy atom. The monoisotopic (exact) mass is 415 g/mol. The van der Waals surface area contributed by atoms with Gasteiger partial charge in [-0.3, -0.25) is 9.89 Å². The summed E-state index contributed by atoms with van der Waals surface area (Å²) in [6.45, 7) is 13.6. The highest BCUT2D eigenvalue weighted by Crippen LogP contribution is 2.11. The minimum absolute atomic E-state index is 0.210. The molecule has 0 radical (unpaired) electrons. The van der Waals surface area contributed by atoms with Crippen LogP contribution in [0.4, 0.5) is 4.79 Å².